The third kappa shape index (κ3) is 2.54. The van der Waals surface area contributed by atoms with Gasteiger partial charge in [0, 0.05) is 23.3 Å². The van der Waals surface area contributed by atoms with Crippen molar-refractivity contribution in [3.63, 3.8) is 0 Å². The average molecular weight is 276 g/mol. The molecule has 1 saturated heterocycles. The van der Waals surface area contributed by atoms with Gasteiger partial charge in [-0.15, -0.1) is 0 Å². The van der Waals surface area contributed by atoms with Crippen LogP contribution in [0.2, 0.25) is 0 Å². The third-order valence-corrected chi connectivity index (χ3v) is 3.75. The fourth-order valence-electron chi connectivity index (χ4n) is 2.36. The number of nitrogen functional groups attached to an aromatic ring is 1. The largest absolute Gasteiger partial charge is 0.399 e. The van der Waals surface area contributed by atoms with Crippen molar-refractivity contribution >= 4 is 5.69 Å². The summed E-state index contributed by atoms with van der Waals surface area (Å²) < 4.78 is 53.6. The van der Waals surface area contributed by atoms with Gasteiger partial charge in [0.25, 0.3) is 0 Å². The summed E-state index contributed by atoms with van der Waals surface area (Å²) in [5.74, 6) is -2.04. The fourth-order valence-corrected chi connectivity index (χ4v) is 2.36. The molecule has 0 aromatic heterocycles. The summed E-state index contributed by atoms with van der Waals surface area (Å²) in [5, 5.41) is 2.77. The van der Waals surface area contributed by atoms with E-state index < -0.39 is 29.5 Å². The Morgan fingerprint density at radius 3 is 2.53 bits per heavy atom. The standard InChI is InChI=1S/C13H16F4N2/c1-12(2-3-13(17,6-14)7-19-12)9-4-8(18)5-10(15)11(9)16/h4-5,19H,2-3,6-7,18H2,1H3/t12-,13+/m0/s1. The molecule has 2 rings (SSSR count). The zero-order chi connectivity index (χ0) is 14.3. The van der Waals surface area contributed by atoms with Gasteiger partial charge in [-0.1, -0.05) is 0 Å². The lowest BCUT2D eigenvalue weighted by Gasteiger charge is -2.41. The Morgan fingerprint density at radius 2 is 2.00 bits per heavy atom. The van der Waals surface area contributed by atoms with Gasteiger partial charge in [-0.25, -0.2) is 17.6 Å². The van der Waals surface area contributed by atoms with E-state index in [-0.39, 0.29) is 30.6 Å². The highest BCUT2D eigenvalue weighted by molar-refractivity contribution is 5.45. The molecule has 1 aliphatic rings. The number of halogens is 4. The van der Waals surface area contributed by atoms with Crippen LogP contribution in [0, 0.1) is 11.6 Å². The minimum atomic E-state index is -1.94. The summed E-state index contributed by atoms with van der Waals surface area (Å²) in [5.41, 5.74) is 2.76. The Labute approximate surface area is 109 Å². The van der Waals surface area contributed by atoms with Crippen LogP contribution in [0.15, 0.2) is 12.1 Å². The number of benzene rings is 1. The maximum absolute atomic E-state index is 13.8. The average Bonchev–Trinajstić information content (AvgIpc) is 2.38. The SMILES string of the molecule is C[C@@]1(c2cc(N)cc(F)c2F)CC[C@@](F)(CF)CN1. The number of hydrogen-bond acceptors (Lipinski definition) is 2. The van der Waals surface area contributed by atoms with Gasteiger partial charge in [-0.05, 0) is 31.9 Å². The number of alkyl halides is 2. The van der Waals surface area contributed by atoms with Gasteiger partial charge in [-0.3, -0.25) is 0 Å². The number of rotatable bonds is 2. The molecular weight excluding hydrogens is 260 g/mol. The number of piperidine rings is 1. The highest BCUT2D eigenvalue weighted by Gasteiger charge is 2.42. The molecule has 6 heteroatoms. The first-order chi connectivity index (χ1) is 8.80. The molecule has 2 nitrogen and oxygen atoms in total. The van der Waals surface area contributed by atoms with E-state index in [1.165, 1.54) is 6.07 Å². The van der Waals surface area contributed by atoms with Crippen molar-refractivity contribution in [2.45, 2.75) is 31.0 Å². The minimum absolute atomic E-state index is 0.0471. The monoisotopic (exact) mass is 276 g/mol. The van der Waals surface area contributed by atoms with E-state index in [0.29, 0.717) is 0 Å². The van der Waals surface area contributed by atoms with E-state index in [9.17, 15) is 17.6 Å². The van der Waals surface area contributed by atoms with Crippen molar-refractivity contribution in [2.24, 2.45) is 0 Å². The smallest absolute Gasteiger partial charge is 0.164 e. The zero-order valence-corrected chi connectivity index (χ0v) is 10.6. The van der Waals surface area contributed by atoms with Crippen molar-refractivity contribution in [1.82, 2.24) is 5.32 Å². The van der Waals surface area contributed by atoms with Crippen molar-refractivity contribution in [1.29, 1.82) is 0 Å². The molecule has 0 radical (unpaired) electrons. The van der Waals surface area contributed by atoms with Gasteiger partial charge in [0.2, 0.25) is 0 Å². The predicted octanol–water partition coefficient (Wildman–Crippen LogP) is 2.82. The second kappa shape index (κ2) is 4.67. The molecule has 0 amide bonds. The van der Waals surface area contributed by atoms with Crippen molar-refractivity contribution < 1.29 is 17.6 Å². The van der Waals surface area contributed by atoms with Crippen LogP contribution in [0.1, 0.15) is 25.3 Å². The molecule has 19 heavy (non-hydrogen) atoms. The molecule has 1 heterocycles. The van der Waals surface area contributed by atoms with Crippen LogP contribution in [0.4, 0.5) is 23.2 Å². The molecule has 106 valence electrons. The first-order valence-corrected chi connectivity index (χ1v) is 6.05. The molecule has 1 aromatic carbocycles. The Bertz CT molecular complexity index is 482. The topological polar surface area (TPSA) is 38.0 Å². The molecule has 1 fully saturated rings. The normalized spacial score (nSPS) is 31.4. The molecule has 2 atom stereocenters. The quantitative estimate of drug-likeness (QED) is 0.644. The van der Waals surface area contributed by atoms with E-state index in [0.717, 1.165) is 6.07 Å². The van der Waals surface area contributed by atoms with Crippen LogP contribution in [0.3, 0.4) is 0 Å². The summed E-state index contributed by atoms with van der Waals surface area (Å²) in [6.45, 7) is 0.293. The highest BCUT2D eigenvalue weighted by atomic mass is 19.2. The van der Waals surface area contributed by atoms with E-state index in [4.69, 9.17) is 5.73 Å². The van der Waals surface area contributed by atoms with Crippen molar-refractivity contribution in [2.75, 3.05) is 19.0 Å². The Hall–Kier alpha value is -1.30. The van der Waals surface area contributed by atoms with E-state index in [1.54, 1.807) is 6.92 Å². The first kappa shape index (κ1) is 14.1. The second-order valence-corrected chi connectivity index (χ2v) is 5.33. The molecule has 0 aliphatic carbocycles. The maximum Gasteiger partial charge on any atom is 0.164 e. The van der Waals surface area contributed by atoms with E-state index in [1.807, 2.05) is 0 Å². The predicted molar refractivity (Wildman–Crippen MR) is 65.2 cm³/mol. The van der Waals surface area contributed by atoms with E-state index in [2.05, 4.69) is 5.32 Å². The number of nitrogens with two attached hydrogens (primary N) is 1. The van der Waals surface area contributed by atoms with Crippen LogP contribution >= 0.6 is 0 Å². The molecular formula is C13H16F4N2. The second-order valence-electron chi connectivity index (χ2n) is 5.33. The summed E-state index contributed by atoms with van der Waals surface area (Å²) in [6, 6.07) is 2.22. The number of nitrogens with one attached hydrogen (secondary N) is 1. The molecule has 1 aromatic rings. The molecule has 0 unspecified atom stereocenters. The van der Waals surface area contributed by atoms with Crippen LogP contribution in [-0.2, 0) is 5.54 Å². The molecule has 3 N–H and O–H groups in total. The van der Waals surface area contributed by atoms with Gasteiger partial charge >= 0.3 is 0 Å². The highest BCUT2D eigenvalue weighted by Crippen LogP contribution is 2.37. The van der Waals surface area contributed by atoms with Gasteiger partial charge in [0.1, 0.15) is 6.67 Å². The van der Waals surface area contributed by atoms with Crippen LogP contribution in [-0.4, -0.2) is 18.9 Å². The van der Waals surface area contributed by atoms with Crippen LogP contribution < -0.4 is 11.1 Å². The lowest BCUT2D eigenvalue weighted by Crippen LogP contribution is -2.54. The fraction of sp³-hybridized carbons (Fsp3) is 0.538. The molecule has 0 bridgehead atoms. The van der Waals surface area contributed by atoms with Gasteiger partial charge in [0.15, 0.2) is 17.3 Å². The van der Waals surface area contributed by atoms with Crippen LogP contribution in [0.5, 0.6) is 0 Å². The Balaban J connectivity index is 2.32. The Morgan fingerprint density at radius 1 is 1.32 bits per heavy atom. The number of hydrogen-bond donors (Lipinski definition) is 2. The molecule has 0 saturated carbocycles. The first-order valence-electron chi connectivity index (χ1n) is 6.05. The molecule has 1 aliphatic heterocycles. The summed E-state index contributed by atoms with van der Waals surface area (Å²) in [6.07, 6.45) is 0.107. The number of anilines is 1. The van der Waals surface area contributed by atoms with Crippen molar-refractivity contribution in [3.8, 4) is 0 Å². The van der Waals surface area contributed by atoms with Crippen LogP contribution in [0.25, 0.3) is 0 Å². The lowest BCUT2D eigenvalue weighted by molar-refractivity contribution is 0.0497. The maximum atomic E-state index is 13.8. The molecule has 0 spiro atoms. The summed E-state index contributed by atoms with van der Waals surface area (Å²) in [7, 11) is 0. The zero-order valence-electron chi connectivity index (χ0n) is 10.6. The minimum Gasteiger partial charge on any atom is -0.399 e. The van der Waals surface area contributed by atoms with Gasteiger partial charge < -0.3 is 11.1 Å². The van der Waals surface area contributed by atoms with E-state index >= 15 is 0 Å². The van der Waals surface area contributed by atoms with Gasteiger partial charge in [0.05, 0.1) is 0 Å². The van der Waals surface area contributed by atoms with Gasteiger partial charge in [-0.2, -0.15) is 0 Å². The summed E-state index contributed by atoms with van der Waals surface area (Å²) in [4.78, 5) is 0. The third-order valence-electron chi connectivity index (χ3n) is 3.75. The van der Waals surface area contributed by atoms with Crippen molar-refractivity contribution in [3.05, 3.63) is 29.3 Å². The summed E-state index contributed by atoms with van der Waals surface area (Å²) >= 11 is 0. The lowest BCUT2D eigenvalue weighted by atomic mass is 9.79. The Kier molecular flexibility index (Phi) is 3.47.